The SMILES string of the molecule is Cc1cc(-c2ncc3c(n2)CCCC3N)c(C)s1. The predicted octanol–water partition coefficient (Wildman–Crippen LogP) is 3.16. The van der Waals surface area contributed by atoms with E-state index < -0.39 is 0 Å². The summed E-state index contributed by atoms with van der Waals surface area (Å²) in [4.78, 5) is 11.8. The maximum Gasteiger partial charge on any atom is 0.160 e. The second-order valence-corrected chi connectivity index (χ2v) is 6.38. The Morgan fingerprint density at radius 2 is 2.22 bits per heavy atom. The van der Waals surface area contributed by atoms with Crippen LogP contribution < -0.4 is 5.73 Å². The van der Waals surface area contributed by atoms with Gasteiger partial charge in [-0.05, 0) is 39.2 Å². The molecule has 0 saturated carbocycles. The number of rotatable bonds is 1. The van der Waals surface area contributed by atoms with Crippen LogP contribution in [0.1, 0.15) is 39.9 Å². The van der Waals surface area contributed by atoms with Gasteiger partial charge in [0.2, 0.25) is 0 Å². The van der Waals surface area contributed by atoms with Gasteiger partial charge in [0.1, 0.15) is 0 Å². The molecule has 0 aromatic carbocycles. The largest absolute Gasteiger partial charge is 0.324 e. The molecule has 4 heteroatoms. The van der Waals surface area contributed by atoms with Gasteiger partial charge in [-0.15, -0.1) is 11.3 Å². The number of aryl methyl sites for hydroxylation is 3. The Balaban J connectivity index is 2.07. The lowest BCUT2D eigenvalue weighted by Gasteiger charge is -2.20. The summed E-state index contributed by atoms with van der Waals surface area (Å²) in [5.41, 5.74) is 9.53. The topological polar surface area (TPSA) is 51.8 Å². The minimum absolute atomic E-state index is 0.119. The summed E-state index contributed by atoms with van der Waals surface area (Å²) < 4.78 is 0. The highest BCUT2D eigenvalue weighted by molar-refractivity contribution is 7.12. The Morgan fingerprint density at radius 3 is 2.94 bits per heavy atom. The highest BCUT2D eigenvalue weighted by Crippen LogP contribution is 2.31. The molecule has 0 saturated heterocycles. The lowest BCUT2D eigenvalue weighted by molar-refractivity contribution is 0.557. The lowest BCUT2D eigenvalue weighted by atomic mass is 9.93. The van der Waals surface area contributed by atoms with E-state index in [2.05, 4.69) is 24.9 Å². The molecule has 1 aliphatic rings. The number of fused-ring (bicyclic) bond motifs is 1. The van der Waals surface area contributed by atoms with Gasteiger partial charge in [0.15, 0.2) is 5.82 Å². The molecule has 94 valence electrons. The maximum absolute atomic E-state index is 6.09. The molecule has 3 rings (SSSR count). The third-order valence-corrected chi connectivity index (χ3v) is 4.48. The van der Waals surface area contributed by atoms with Gasteiger partial charge < -0.3 is 5.73 Å². The third kappa shape index (κ3) is 1.95. The van der Waals surface area contributed by atoms with Crippen LogP contribution in [0.4, 0.5) is 0 Å². The Hall–Kier alpha value is -1.26. The summed E-state index contributed by atoms with van der Waals surface area (Å²) in [6.45, 7) is 4.25. The van der Waals surface area contributed by atoms with Crippen LogP contribution in [0.2, 0.25) is 0 Å². The highest BCUT2D eigenvalue weighted by Gasteiger charge is 2.20. The van der Waals surface area contributed by atoms with Crippen LogP contribution in [0.15, 0.2) is 12.3 Å². The summed E-state index contributed by atoms with van der Waals surface area (Å²) in [7, 11) is 0. The molecule has 18 heavy (non-hydrogen) atoms. The Labute approximate surface area is 111 Å². The first-order valence-electron chi connectivity index (χ1n) is 6.34. The fourth-order valence-electron chi connectivity index (χ4n) is 2.56. The predicted molar refractivity (Wildman–Crippen MR) is 74.7 cm³/mol. The van der Waals surface area contributed by atoms with Crippen LogP contribution in [0.25, 0.3) is 11.4 Å². The minimum Gasteiger partial charge on any atom is -0.324 e. The van der Waals surface area contributed by atoms with E-state index in [4.69, 9.17) is 10.7 Å². The number of nitrogens with zero attached hydrogens (tertiary/aromatic N) is 2. The number of nitrogens with two attached hydrogens (primary N) is 1. The highest BCUT2D eigenvalue weighted by atomic mass is 32.1. The number of thiophene rings is 1. The zero-order valence-electron chi connectivity index (χ0n) is 10.7. The van der Waals surface area contributed by atoms with Gasteiger partial charge >= 0.3 is 0 Å². The molecule has 2 aromatic rings. The van der Waals surface area contributed by atoms with Crippen molar-refractivity contribution in [2.24, 2.45) is 5.73 Å². The molecule has 1 unspecified atom stereocenters. The van der Waals surface area contributed by atoms with Crippen LogP contribution >= 0.6 is 11.3 Å². The van der Waals surface area contributed by atoms with Gasteiger partial charge in [-0.1, -0.05) is 0 Å². The van der Waals surface area contributed by atoms with Crippen molar-refractivity contribution in [2.75, 3.05) is 0 Å². The Kier molecular flexibility index (Phi) is 2.92. The molecular formula is C14H17N3S. The second kappa shape index (κ2) is 4.44. The van der Waals surface area contributed by atoms with Crippen molar-refractivity contribution >= 4 is 11.3 Å². The van der Waals surface area contributed by atoms with Crippen LogP contribution in [0, 0.1) is 13.8 Å². The van der Waals surface area contributed by atoms with Gasteiger partial charge in [0.05, 0.1) is 0 Å². The molecule has 0 bridgehead atoms. The summed E-state index contributed by atoms with van der Waals surface area (Å²) in [6, 6.07) is 2.29. The van der Waals surface area contributed by atoms with Gasteiger partial charge in [-0.3, -0.25) is 0 Å². The average Bonchev–Trinajstić information content (AvgIpc) is 2.68. The van der Waals surface area contributed by atoms with E-state index >= 15 is 0 Å². The molecule has 0 amide bonds. The van der Waals surface area contributed by atoms with E-state index in [1.807, 2.05) is 6.20 Å². The van der Waals surface area contributed by atoms with Crippen molar-refractivity contribution < 1.29 is 0 Å². The summed E-state index contributed by atoms with van der Waals surface area (Å²) in [5, 5.41) is 0. The Bertz CT molecular complexity index is 589. The summed E-state index contributed by atoms with van der Waals surface area (Å²) in [5.74, 6) is 0.852. The fourth-order valence-corrected chi connectivity index (χ4v) is 3.48. The van der Waals surface area contributed by atoms with Crippen molar-refractivity contribution in [2.45, 2.75) is 39.2 Å². The molecule has 3 nitrogen and oxygen atoms in total. The van der Waals surface area contributed by atoms with Crippen LogP contribution in [-0.2, 0) is 6.42 Å². The van der Waals surface area contributed by atoms with Crippen LogP contribution in [0.5, 0.6) is 0 Å². The van der Waals surface area contributed by atoms with Crippen LogP contribution in [0.3, 0.4) is 0 Å². The zero-order chi connectivity index (χ0) is 12.7. The standard InChI is InChI=1S/C14H17N3S/c1-8-6-10(9(2)18-8)14-16-7-11-12(15)4-3-5-13(11)17-14/h6-7,12H,3-5,15H2,1-2H3. The van der Waals surface area contributed by atoms with E-state index in [1.165, 1.54) is 15.3 Å². The molecular weight excluding hydrogens is 242 g/mol. The molecule has 1 aliphatic carbocycles. The van der Waals surface area contributed by atoms with Gasteiger partial charge in [-0.25, -0.2) is 9.97 Å². The van der Waals surface area contributed by atoms with Crippen molar-refractivity contribution in [3.8, 4) is 11.4 Å². The quantitative estimate of drug-likeness (QED) is 0.856. The van der Waals surface area contributed by atoms with Crippen molar-refractivity contribution in [3.05, 3.63) is 33.3 Å². The average molecular weight is 259 g/mol. The van der Waals surface area contributed by atoms with Crippen molar-refractivity contribution in [3.63, 3.8) is 0 Å². The number of hydrogen-bond donors (Lipinski definition) is 1. The van der Waals surface area contributed by atoms with E-state index in [9.17, 15) is 0 Å². The number of hydrogen-bond acceptors (Lipinski definition) is 4. The zero-order valence-corrected chi connectivity index (χ0v) is 11.5. The fraction of sp³-hybridized carbons (Fsp3) is 0.429. The van der Waals surface area contributed by atoms with Crippen LogP contribution in [-0.4, -0.2) is 9.97 Å². The Morgan fingerprint density at radius 1 is 1.39 bits per heavy atom. The molecule has 0 aliphatic heterocycles. The minimum atomic E-state index is 0.119. The molecule has 2 aromatic heterocycles. The van der Waals surface area contributed by atoms with Gasteiger partial charge in [-0.2, -0.15) is 0 Å². The molecule has 2 heterocycles. The van der Waals surface area contributed by atoms with E-state index in [0.29, 0.717) is 0 Å². The van der Waals surface area contributed by atoms with E-state index in [-0.39, 0.29) is 6.04 Å². The second-order valence-electron chi connectivity index (χ2n) is 4.92. The monoisotopic (exact) mass is 259 g/mol. The summed E-state index contributed by atoms with van der Waals surface area (Å²) in [6.07, 6.45) is 5.13. The maximum atomic E-state index is 6.09. The summed E-state index contributed by atoms with van der Waals surface area (Å²) >= 11 is 1.80. The molecule has 0 radical (unpaired) electrons. The molecule has 1 atom stereocenters. The first-order chi connectivity index (χ1) is 8.65. The molecule has 0 fully saturated rings. The van der Waals surface area contributed by atoms with Gasteiger partial charge in [0.25, 0.3) is 0 Å². The first kappa shape index (κ1) is 11.8. The normalized spacial score (nSPS) is 18.7. The third-order valence-electron chi connectivity index (χ3n) is 3.51. The molecule has 2 N–H and O–H groups in total. The van der Waals surface area contributed by atoms with Gasteiger partial charge in [0, 0.05) is 38.8 Å². The smallest absolute Gasteiger partial charge is 0.160 e. The first-order valence-corrected chi connectivity index (χ1v) is 7.15. The van der Waals surface area contributed by atoms with Crippen molar-refractivity contribution in [1.29, 1.82) is 0 Å². The lowest BCUT2D eigenvalue weighted by Crippen LogP contribution is -2.19. The van der Waals surface area contributed by atoms with E-state index in [0.717, 1.165) is 36.3 Å². The number of aromatic nitrogens is 2. The van der Waals surface area contributed by atoms with E-state index in [1.54, 1.807) is 11.3 Å². The molecule has 0 spiro atoms. The van der Waals surface area contributed by atoms with Crippen molar-refractivity contribution in [1.82, 2.24) is 9.97 Å².